The van der Waals surface area contributed by atoms with E-state index in [9.17, 15) is 8.42 Å². The molecule has 1 fully saturated rings. The van der Waals surface area contributed by atoms with E-state index in [1.807, 2.05) is 6.92 Å². The maximum absolute atomic E-state index is 12.9. The van der Waals surface area contributed by atoms with Gasteiger partial charge in [0.05, 0.1) is 7.11 Å². The molecule has 2 rings (SSSR count). The van der Waals surface area contributed by atoms with Gasteiger partial charge in [0.2, 0.25) is 10.0 Å². The molecule has 5 nitrogen and oxygen atoms in total. The van der Waals surface area contributed by atoms with Crippen LogP contribution >= 0.6 is 0 Å². The molecule has 1 unspecified atom stereocenters. The fraction of sp³-hybridized carbons (Fsp3) is 0.571. The van der Waals surface area contributed by atoms with Gasteiger partial charge in [0, 0.05) is 24.3 Å². The summed E-state index contributed by atoms with van der Waals surface area (Å²) in [5.41, 5.74) is 6.18. The number of sulfonamides is 1. The zero-order valence-electron chi connectivity index (χ0n) is 12.0. The van der Waals surface area contributed by atoms with Gasteiger partial charge in [-0.15, -0.1) is 0 Å². The topological polar surface area (TPSA) is 72.6 Å². The number of nitrogens with zero attached hydrogens (tertiary/aromatic N) is 1. The van der Waals surface area contributed by atoms with Crippen molar-refractivity contribution in [3.05, 3.63) is 18.2 Å². The SMILES string of the molecule is CCC1CCCCN1S(=O)(=O)c1ccc(N)cc1OC. The van der Waals surface area contributed by atoms with E-state index in [1.165, 1.54) is 13.2 Å². The molecule has 1 saturated heterocycles. The van der Waals surface area contributed by atoms with Crippen LogP contribution in [-0.4, -0.2) is 32.4 Å². The van der Waals surface area contributed by atoms with Crippen LogP contribution in [0.4, 0.5) is 5.69 Å². The molecule has 0 amide bonds. The largest absolute Gasteiger partial charge is 0.495 e. The molecule has 0 bridgehead atoms. The van der Waals surface area contributed by atoms with Crippen LogP contribution in [0.25, 0.3) is 0 Å². The van der Waals surface area contributed by atoms with Crippen molar-refractivity contribution in [3.8, 4) is 5.75 Å². The van der Waals surface area contributed by atoms with Gasteiger partial charge in [0.15, 0.2) is 0 Å². The first kappa shape index (κ1) is 15.1. The van der Waals surface area contributed by atoms with Crippen LogP contribution in [0.5, 0.6) is 5.75 Å². The zero-order valence-corrected chi connectivity index (χ0v) is 12.8. The number of benzene rings is 1. The summed E-state index contributed by atoms with van der Waals surface area (Å²) < 4.78 is 32.5. The van der Waals surface area contributed by atoms with Crippen LogP contribution in [0.2, 0.25) is 0 Å². The molecule has 0 saturated carbocycles. The van der Waals surface area contributed by atoms with E-state index >= 15 is 0 Å². The Morgan fingerprint density at radius 1 is 1.40 bits per heavy atom. The molecule has 1 aromatic rings. The van der Waals surface area contributed by atoms with Crippen molar-refractivity contribution < 1.29 is 13.2 Å². The van der Waals surface area contributed by atoms with E-state index in [2.05, 4.69) is 0 Å². The van der Waals surface area contributed by atoms with Crippen LogP contribution in [0.15, 0.2) is 23.1 Å². The summed E-state index contributed by atoms with van der Waals surface area (Å²) in [5, 5.41) is 0. The van der Waals surface area contributed by atoms with E-state index in [-0.39, 0.29) is 10.9 Å². The third-order valence-electron chi connectivity index (χ3n) is 3.82. The summed E-state index contributed by atoms with van der Waals surface area (Å²) in [5.74, 6) is 0.311. The Morgan fingerprint density at radius 3 is 2.80 bits per heavy atom. The second-order valence-corrected chi connectivity index (χ2v) is 6.94. The lowest BCUT2D eigenvalue weighted by Crippen LogP contribution is -2.43. The van der Waals surface area contributed by atoms with Crippen molar-refractivity contribution in [2.75, 3.05) is 19.4 Å². The minimum atomic E-state index is -3.53. The standard InChI is InChI=1S/C14H22N2O3S/c1-3-12-6-4-5-9-16(12)20(17,18)14-8-7-11(15)10-13(14)19-2/h7-8,10,12H,3-6,9,15H2,1-2H3. The van der Waals surface area contributed by atoms with E-state index in [0.717, 1.165) is 25.7 Å². The number of hydrogen-bond acceptors (Lipinski definition) is 4. The van der Waals surface area contributed by atoms with Gasteiger partial charge in [-0.2, -0.15) is 4.31 Å². The van der Waals surface area contributed by atoms with E-state index in [0.29, 0.717) is 18.0 Å². The molecule has 6 heteroatoms. The average molecular weight is 298 g/mol. The molecule has 2 N–H and O–H groups in total. The Kier molecular flexibility index (Phi) is 4.55. The molecule has 1 heterocycles. The third kappa shape index (κ3) is 2.76. The summed E-state index contributed by atoms with van der Waals surface area (Å²) in [7, 11) is -2.07. The Morgan fingerprint density at radius 2 is 2.15 bits per heavy atom. The van der Waals surface area contributed by atoms with Gasteiger partial charge in [0.25, 0.3) is 0 Å². The Bertz CT molecular complexity index is 572. The van der Waals surface area contributed by atoms with Crippen molar-refractivity contribution in [1.29, 1.82) is 0 Å². The monoisotopic (exact) mass is 298 g/mol. The average Bonchev–Trinajstić information content (AvgIpc) is 2.46. The van der Waals surface area contributed by atoms with Gasteiger partial charge in [-0.3, -0.25) is 0 Å². The first-order valence-electron chi connectivity index (χ1n) is 6.96. The van der Waals surface area contributed by atoms with Gasteiger partial charge in [0.1, 0.15) is 10.6 Å². The van der Waals surface area contributed by atoms with Crippen molar-refractivity contribution in [2.45, 2.75) is 43.5 Å². The van der Waals surface area contributed by atoms with Crippen molar-refractivity contribution in [2.24, 2.45) is 0 Å². The maximum Gasteiger partial charge on any atom is 0.247 e. The van der Waals surface area contributed by atoms with Crippen molar-refractivity contribution >= 4 is 15.7 Å². The second kappa shape index (κ2) is 6.01. The van der Waals surface area contributed by atoms with Crippen LogP contribution in [-0.2, 0) is 10.0 Å². The first-order valence-corrected chi connectivity index (χ1v) is 8.40. The van der Waals surface area contributed by atoms with Gasteiger partial charge < -0.3 is 10.5 Å². The van der Waals surface area contributed by atoms with E-state index in [4.69, 9.17) is 10.5 Å². The van der Waals surface area contributed by atoms with E-state index in [1.54, 1.807) is 16.4 Å². The molecule has 0 aromatic heterocycles. The minimum Gasteiger partial charge on any atom is -0.495 e. The molecule has 0 spiro atoms. The Labute approximate surface area is 120 Å². The number of anilines is 1. The van der Waals surface area contributed by atoms with Gasteiger partial charge in [-0.1, -0.05) is 13.3 Å². The number of ether oxygens (including phenoxy) is 1. The van der Waals surface area contributed by atoms with E-state index < -0.39 is 10.0 Å². The second-order valence-electron chi connectivity index (χ2n) is 5.08. The fourth-order valence-corrected chi connectivity index (χ4v) is 4.63. The molecule has 112 valence electrons. The number of nitrogens with two attached hydrogens (primary N) is 1. The summed E-state index contributed by atoms with van der Waals surface area (Å²) in [6.07, 6.45) is 3.75. The molecule has 20 heavy (non-hydrogen) atoms. The Hall–Kier alpha value is -1.27. The van der Waals surface area contributed by atoms with Gasteiger partial charge in [-0.05, 0) is 31.4 Å². The molecule has 0 radical (unpaired) electrons. The maximum atomic E-state index is 12.9. The number of nitrogen functional groups attached to an aromatic ring is 1. The fourth-order valence-electron chi connectivity index (χ4n) is 2.72. The molecule has 0 aliphatic carbocycles. The highest BCUT2D eigenvalue weighted by Gasteiger charge is 2.34. The number of piperidine rings is 1. The highest BCUT2D eigenvalue weighted by atomic mass is 32.2. The molecular formula is C14H22N2O3S. The van der Waals surface area contributed by atoms with Crippen molar-refractivity contribution in [1.82, 2.24) is 4.31 Å². The summed E-state index contributed by atoms with van der Waals surface area (Å²) in [6, 6.07) is 4.76. The molecule has 1 atom stereocenters. The first-order chi connectivity index (χ1) is 9.50. The van der Waals surface area contributed by atoms with Gasteiger partial charge >= 0.3 is 0 Å². The predicted molar refractivity (Wildman–Crippen MR) is 79.2 cm³/mol. The summed E-state index contributed by atoms with van der Waals surface area (Å²) in [4.78, 5) is 0.203. The summed E-state index contributed by atoms with van der Waals surface area (Å²) in [6.45, 7) is 2.60. The van der Waals surface area contributed by atoms with Gasteiger partial charge in [-0.25, -0.2) is 8.42 Å². The van der Waals surface area contributed by atoms with Crippen molar-refractivity contribution in [3.63, 3.8) is 0 Å². The lowest BCUT2D eigenvalue weighted by atomic mass is 10.0. The smallest absolute Gasteiger partial charge is 0.247 e. The molecular weight excluding hydrogens is 276 g/mol. The molecule has 1 aliphatic rings. The molecule has 1 aliphatic heterocycles. The number of methoxy groups -OCH3 is 1. The summed E-state index contributed by atoms with van der Waals surface area (Å²) >= 11 is 0. The highest BCUT2D eigenvalue weighted by Crippen LogP contribution is 2.32. The lowest BCUT2D eigenvalue weighted by Gasteiger charge is -2.34. The Balaban J connectivity index is 2.43. The third-order valence-corrected chi connectivity index (χ3v) is 5.81. The lowest BCUT2D eigenvalue weighted by molar-refractivity contribution is 0.246. The highest BCUT2D eigenvalue weighted by molar-refractivity contribution is 7.89. The normalized spacial score (nSPS) is 20.8. The van der Waals surface area contributed by atoms with Crippen LogP contribution in [0.1, 0.15) is 32.6 Å². The predicted octanol–water partition coefficient (Wildman–Crippen LogP) is 2.23. The quantitative estimate of drug-likeness (QED) is 0.865. The zero-order chi connectivity index (χ0) is 14.8. The number of hydrogen-bond donors (Lipinski definition) is 1. The van der Waals surface area contributed by atoms with Crippen LogP contribution < -0.4 is 10.5 Å². The van der Waals surface area contributed by atoms with Crippen LogP contribution in [0, 0.1) is 0 Å². The minimum absolute atomic E-state index is 0.0796. The number of rotatable bonds is 4. The van der Waals surface area contributed by atoms with Crippen LogP contribution in [0.3, 0.4) is 0 Å². The molecule has 1 aromatic carbocycles.